The third-order valence-electron chi connectivity index (χ3n) is 2.17. The van der Waals surface area contributed by atoms with Crippen LogP contribution in [0.3, 0.4) is 0 Å². The summed E-state index contributed by atoms with van der Waals surface area (Å²) in [6.45, 7) is 4.25. The van der Waals surface area contributed by atoms with Crippen molar-refractivity contribution in [2.75, 3.05) is 6.54 Å². The van der Waals surface area contributed by atoms with Gasteiger partial charge in [-0.2, -0.15) is 5.26 Å². The van der Waals surface area contributed by atoms with Gasteiger partial charge in [-0.05, 0) is 23.6 Å². The fourth-order valence-corrected chi connectivity index (χ4v) is 1.24. The molecule has 1 aromatic carbocycles. The maximum atomic E-state index is 11.4. The normalized spacial score (nSPS) is 9.73. The lowest BCUT2D eigenvalue weighted by molar-refractivity contribution is 0.0958. The summed E-state index contributed by atoms with van der Waals surface area (Å²) in [4.78, 5) is 11.4. The van der Waals surface area contributed by atoms with Crippen LogP contribution in [0.25, 0.3) is 0 Å². The van der Waals surface area contributed by atoms with Crippen LogP contribution in [0.4, 0.5) is 0 Å². The third-order valence-corrected chi connectivity index (χ3v) is 2.17. The maximum Gasteiger partial charge on any atom is 0.252 e. The number of nitriles is 1. The fraction of sp³-hybridized carbons (Fsp3) is 0.333. The molecule has 0 heterocycles. The van der Waals surface area contributed by atoms with Crippen molar-refractivity contribution in [2.45, 2.75) is 19.8 Å². The van der Waals surface area contributed by atoms with E-state index in [0.29, 0.717) is 11.5 Å². The van der Waals surface area contributed by atoms with Crippen molar-refractivity contribution < 1.29 is 4.79 Å². The molecule has 0 radical (unpaired) electrons. The summed E-state index contributed by atoms with van der Waals surface area (Å²) in [5, 5.41) is 10.8. The Balaban J connectivity index is 2.72. The highest BCUT2D eigenvalue weighted by molar-refractivity contribution is 5.94. The van der Waals surface area contributed by atoms with E-state index in [9.17, 15) is 4.79 Å². The van der Waals surface area contributed by atoms with Gasteiger partial charge in [0.2, 0.25) is 0 Å². The molecule has 1 N–H and O–H groups in total. The molecule has 3 heteroatoms. The molecule has 1 amide bonds. The number of rotatable bonds is 3. The van der Waals surface area contributed by atoms with E-state index >= 15 is 0 Å². The quantitative estimate of drug-likeness (QED) is 0.763. The average molecular weight is 202 g/mol. The average Bonchev–Trinajstić information content (AvgIpc) is 2.26. The highest BCUT2D eigenvalue weighted by Gasteiger charge is 2.05. The predicted molar refractivity (Wildman–Crippen MR) is 58.5 cm³/mol. The molecule has 0 atom stereocenters. The molecule has 15 heavy (non-hydrogen) atoms. The highest BCUT2D eigenvalue weighted by Crippen LogP contribution is 2.14. The predicted octanol–water partition coefficient (Wildman–Crippen LogP) is 2.06. The van der Waals surface area contributed by atoms with E-state index < -0.39 is 0 Å². The minimum Gasteiger partial charge on any atom is -0.339 e. The first-order valence-corrected chi connectivity index (χ1v) is 4.90. The number of carbonyl (C=O) groups excluding carboxylic acids is 1. The molecule has 1 aromatic rings. The second-order valence-electron chi connectivity index (χ2n) is 3.62. The first kappa shape index (κ1) is 11.3. The number of nitrogens with one attached hydrogen (secondary N) is 1. The Morgan fingerprint density at radius 1 is 1.40 bits per heavy atom. The summed E-state index contributed by atoms with van der Waals surface area (Å²) in [5.74, 6) is 0.257. The van der Waals surface area contributed by atoms with Crippen LogP contribution in [0, 0.1) is 11.3 Å². The zero-order chi connectivity index (χ0) is 11.3. The van der Waals surface area contributed by atoms with E-state index in [1.807, 2.05) is 18.2 Å². The Morgan fingerprint density at radius 3 is 2.47 bits per heavy atom. The van der Waals surface area contributed by atoms with Crippen molar-refractivity contribution in [1.82, 2.24) is 5.32 Å². The third kappa shape index (κ3) is 3.10. The maximum absolute atomic E-state index is 11.4. The smallest absolute Gasteiger partial charge is 0.252 e. The molecule has 0 saturated carbocycles. The molecule has 0 saturated heterocycles. The molecular formula is C12H14N2O. The van der Waals surface area contributed by atoms with Crippen molar-refractivity contribution >= 4 is 5.91 Å². The van der Waals surface area contributed by atoms with Gasteiger partial charge in [0.15, 0.2) is 0 Å². The summed E-state index contributed by atoms with van der Waals surface area (Å²) in [5.41, 5.74) is 1.79. The molecule has 0 aromatic heterocycles. The van der Waals surface area contributed by atoms with Gasteiger partial charge in [0.1, 0.15) is 6.54 Å². The SMILES string of the molecule is CC(C)c1ccc(C(=O)NCC#N)cc1. The van der Waals surface area contributed by atoms with E-state index in [2.05, 4.69) is 19.2 Å². The fourth-order valence-electron chi connectivity index (χ4n) is 1.24. The lowest BCUT2D eigenvalue weighted by Crippen LogP contribution is -2.23. The van der Waals surface area contributed by atoms with Crippen LogP contribution in [0.15, 0.2) is 24.3 Å². The summed E-state index contributed by atoms with van der Waals surface area (Å²) < 4.78 is 0. The van der Waals surface area contributed by atoms with Crippen LogP contribution in [-0.2, 0) is 0 Å². The molecule has 0 spiro atoms. The van der Waals surface area contributed by atoms with E-state index in [-0.39, 0.29) is 12.5 Å². The van der Waals surface area contributed by atoms with Gasteiger partial charge >= 0.3 is 0 Å². The van der Waals surface area contributed by atoms with Gasteiger partial charge in [-0.15, -0.1) is 0 Å². The van der Waals surface area contributed by atoms with Gasteiger partial charge in [0, 0.05) is 5.56 Å². The van der Waals surface area contributed by atoms with Gasteiger partial charge in [0.05, 0.1) is 6.07 Å². The van der Waals surface area contributed by atoms with Gasteiger partial charge in [-0.25, -0.2) is 0 Å². The number of amides is 1. The zero-order valence-electron chi connectivity index (χ0n) is 8.95. The van der Waals surface area contributed by atoms with E-state index in [0.717, 1.165) is 0 Å². The molecule has 0 aliphatic carbocycles. The number of carbonyl (C=O) groups is 1. The Kier molecular flexibility index (Phi) is 3.87. The molecule has 78 valence electrons. The first-order chi connectivity index (χ1) is 7.15. The topological polar surface area (TPSA) is 52.9 Å². The van der Waals surface area contributed by atoms with Gasteiger partial charge in [-0.3, -0.25) is 4.79 Å². The van der Waals surface area contributed by atoms with Crippen molar-refractivity contribution in [3.8, 4) is 6.07 Å². The lowest BCUT2D eigenvalue weighted by Gasteiger charge is -2.06. The molecule has 0 unspecified atom stereocenters. The van der Waals surface area contributed by atoms with Crippen LogP contribution >= 0.6 is 0 Å². The summed E-state index contributed by atoms with van der Waals surface area (Å²) in [7, 11) is 0. The second-order valence-corrected chi connectivity index (χ2v) is 3.62. The molecule has 0 bridgehead atoms. The second kappa shape index (κ2) is 5.16. The van der Waals surface area contributed by atoms with E-state index in [1.165, 1.54) is 5.56 Å². The van der Waals surface area contributed by atoms with Gasteiger partial charge in [-0.1, -0.05) is 26.0 Å². The summed E-state index contributed by atoms with van der Waals surface area (Å²) >= 11 is 0. The minimum atomic E-state index is -0.202. The zero-order valence-corrected chi connectivity index (χ0v) is 8.95. The monoisotopic (exact) mass is 202 g/mol. The highest BCUT2D eigenvalue weighted by atomic mass is 16.1. The Labute approximate surface area is 89.7 Å². The minimum absolute atomic E-state index is 0.0464. The first-order valence-electron chi connectivity index (χ1n) is 4.90. The van der Waals surface area contributed by atoms with Crippen molar-refractivity contribution in [3.05, 3.63) is 35.4 Å². The Morgan fingerprint density at radius 2 is 2.00 bits per heavy atom. The van der Waals surface area contributed by atoms with Crippen molar-refractivity contribution in [3.63, 3.8) is 0 Å². The number of nitrogens with zero attached hydrogens (tertiary/aromatic N) is 1. The van der Waals surface area contributed by atoms with Crippen molar-refractivity contribution in [1.29, 1.82) is 5.26 Å². The molecule has 1 rings (SSSR count). The lowest BCUT2D eigenvalue weighted by atomic mass is 10.0. The molecule has 0 aliphatic heterocycles. The van der Waals surface area contributed by atoms with Crippen LogP contribution in [0.5, 0.6) is 0 Å². The van der Waals surface area contributed by atoms with Crippen molar-refractivity contribution in [2.24, 2.45) is 0 Å². The standard InChI is InChI=1S/C12H14N2O/c1-9(2)10-3-5-11(6-4-10)12(15)14-8-7-13/h3-6,9H,8H2,1-2H3,(H,14,15). The summed E-state index contributed by atoms with van der Waals surface area (Å²) in [6, 6.07) is 9.30. The Hall–Kier alpha value is -1.82. The van der Waals surface area contributed by atoms with Crippen LogP contribution in [0.2, 0.25) is 0 Å². The van der Waals surface area contributed by atoms with Crippen LogP contribution in [0.1, 0.15) is 35.7 Å². The number of hydrogen-bond acceptors (Lipinski definition) is 2. The van der Waals surface area contributed by atoms with E-state index in [1.54, 1.807) is 12.1 Å². The van der Waals surface area contributed by atoms with Crippen LogP contribution < -0.4 is 5.32 Å². The molecule has 3 nitrogen and oxygen atoms in total. The van der Waals surface area contributed by atoms with Gasteiger partial charge in [0.25, 0.3) is 5.91 Å². The Bertz CT molecular complexity index is 374. The van der Waals surface area contributed by atoms with Crippen LogP contribution in [-0.4, -0.2) is 12.5 Å². The number of hydrogen-bond donors (Lipinski definition) is 1. The largest absolute Gasteiger partial charge is 0.339 e. The van der Waals surface area contributed by atoms with E-state index in [4.69, 9.17) is 5.26 Å². The molecule has 0 fully saturated rings. The van der Waals surface area contributed by atoms with Gasteiger partial charge < -0.3 is 5.32 Å². The number of benzene rings is 1. The summed E-state index contributed by atoms with van der Waals surface area (Å²) in [6.07, 6.45) is 0. The molecular weight excluding hydrogens is 188 g/mol. The molecule has 0 aliphatic rings.